The van der Waals surface area contributed by atoms with Gasteiger partial charge in [-0.3, -0.25) is 0 Å². The van der Waals surface area contributed by atoms with Crippen molar-refractivity contribution in [2.24, 2.45) is 5.73 Å². The summed E-state index contributed by atoms with van der Waals surface area (Å²) >= 11 is 6.07. The van der Waals surface area contributed by atoms with Gasteiger partial charge < -0.3 is 29.4 Å². The first kappa shape index (κ1) is 28.7. The summed E-state index contributed by atoms with van der Waals surface area (Å²) in [5.74, 6) is 1.06. The van der Waals surface area contributed by atoms with E-state index in [4.69, 9.17) is 41.0 Å². The lowest BCUT2D eigenvalue weighted by molar-refractivity contribution is -0.136. The quantitative estimate of drug-likeness (QED) is 0.151. The molecule has 4 rings (SSSR count). The van der Waals surface area contributed by atoms with E-state index in [1.165, 1.54) is 0 Å². The van der Waals surface area contributed by atoms with Crippen LogP contribution in [-0.4, -0.2) is 25.8 Å². The molecular formula is C31H31ClN2O6. The SMILES string of the molecule is CCCCCOc1ccc(C2C(C#N)=C(N)Oc3cc(OC(=O)COc4ccccc4Cl)ccc32)cc1OCC. The summed E-state index contributed by atoms with van der Waals surface area (Å²) in [5, 5.41) is 10.3. The number of benzene rings is 3. The number of fused-ring (bicyclic) bond motifs is 1. The summed E-state index contributed by atoms with van der Waals surface area (Å²) in [4.78, 5) is 12.4. The van der Waals surface area contributed by atoms with E-state index in [1.54, 1.807) is 42.5 Å². The third kappa shape index (κ3) is 6.80. The molecule has 2 N–H and O–H groups in total. The monoisotopic (exact) mass is 562 g/mol. The maximum absolute atomic E-state index is 12.4. The fourth-order valence-electron chi connectivity index (χ4n) is 4.33. The number of carbonyl (C=O) groups is 1. The fraction of sp³-hybridized carbons (Fsp3) is 0.290. The van der Waals surface area contributed by atoms with Crippen molar-refractivity contribution in [3.8, 4) is 34.8 Å². The standard InChI is InChI=1S/C31H31ClN2O6/c1-3-5-8-15-37-26-14-11-20(16-28(26)36-4-2)30-22-13-12-21(17-27(22)40-31(34)23(30)18-33)39-29(35)19-38-25-10-7-6-9-24(25)32/h6-7,9-14,16-17,30H,3-5,8,15,19,34H2,1-2H3. The van der Waals surface area contributed by atoms with Crippen molar-refractivity contribution >= 4 is 17.6 Å². The van der Waals surface area contributed by atoms with Crippen molar-refractivity contribution in [1.82, 2.24) is 0 Å². The Morgan fingerprint density at radius 1 is 1.00 bits per heavy atom. The molecule has 1 aliphatic rings. The molecule has 0 aromatic heterocycles. The molecule has 0 saturated heterocycles. The maximum Gasteiger partial charge on any atom is 0.349 e. The van der Waals surface area contributed by atoms with Gasteiger partial charge in [-0.25, -0.2) is 4.79 Å². The molecule has 208 valence electrons. The van der Waals surface area contributed by atoms with Crippen LogP contribution in [0.15, 0.2) is 72.1 Å². The summed E-state index contributed by atoms with van der Waals surface area (Å²) in [6, 6.07) is 19.6. The first-order valence-electron chi connectivity index (χ1n) is 13.1. The molecule has 0 fully saturated rings. The van der Waals surface area contributed by atoms with Crippen molar-refractivity contribution in [3.05, 3.63) is 88.3 Å². The van der Waals surface area contributed by atoms with Crippen LogP contribution in [0.4, 0.5) is 0 Å². The van der Waals surface area contributed by atoms with Crippen LogP contribution in [0, 0.1) is 11.3 Å². The summed E-state index contributed by atoms with van der Waals surface area (Å²) in [6.07, 6.45) is 3.14. The molecule has 0 radical (unpaired) electrons. The van der Waals surface area contributed by atoms with Gasteiger partial charge in [0.2, 0.25) is 5.88 Å². The zero-order valence-corrected chi connectivity index (χ0v) is 23.2. The molecule has 3 aromatic carbocycles. The molecule has 1 heterocycles. The number of rotatable bonds is 12. The number of nitrogens with two attached hydrogens (primary N) is 1. The minimum atomic E-state index is -0.621. The highest BCUT2D eigenvalue weighted by Crippen LogP contribution is 2.45. The van der Waals surface area contributed by atoms with Crippen LogP contribution in [0.5, 0.6) is 28.7 Å². The van der Waals surface area contributed by atoms with Gasteiger partial charge in [-0.15, -0.1) is 0 Å². The average molecular weight is 563 g/mol. The number of esters is 1. The van der Waals surface area contributed by atoms with Gasteiger partial charge in [0.15, 0.2) is 18.1 Å². The smallest absolute Gasteiger partial charge is 0.349 e. The van der Waals surface area contributed by atoms with Gasteiger partial charge >= 0.3 is 5.97 Å². The van der Waals surface area contributed by atoms with E-state index in [2.05, 4.69) is 13.0 Å². The molecule has 0 spiro atoms. The molecule has 1 atom stereocenters. The fourth-order valence-corrected chi connectivity index (χ4v) is 4.52. The van der Waals surface area contributed by atoms with Crippen LogP contribution in [0.3, 0.4) is 0 Å². The molecule has 1 unspecified atom stereocenters. The van der Waals surface area contributed by atoms with Gasteiger partial charge in [0, 0.05) is 11.6 Å². The Morgan fingerprint density at radius 3 is 2.58 bits per heavy atom. The first-order chi connectivity index (χ1) is 19.4. The zero-order chi connectivity index (χ0) is 28.5. The number of nitriles is 1. The largest absolute Gasteiger partial charge is 0.490 e. The normalized spacial score (nSPS) is 14.0. The number of hydrogen-bond donors (Lipinski definition) is 1. The lowest BCUT2D eigenvalue weighted by Gasteiger charge is -2.27. The lowest BCUT2D eigenvalue weighted by Crippen LogP contribution is -2.22. The summed E-state index contributed by atoms with van der Waals surface area (Å²) in [7, 11) is 0. The first-order valence-corrected chi connectivity index (χ1v) is 13.5. The summed E-state index contributed by atoms with van der Waals surface area (Å²) in [6.45, 7) is 4.75. The van der Waals surface area contributed by atoms with Crippen molar-refractivity contribution < 1.29 is 28.5 Å². The topological polar surface area (TPSA) is 113 Å². The molecule has 1 aliphatic heterocycles. The van der Waals surface area contributed by atoms with Crippen LogP contribution < -0.4 is 29.4 Å². The second kappa shape index (κ2) is 13.6. The van der Waals surface area contributed by atoms with Crippen LogP contribution in [0.2, 0.25) is 5.02 Å². The molecule has 3 aromatic rings. The van der Waals surface area contributed by atoms with Gasteiger partial charge in [-0.2, -0.15) is 5.26 Å². The second-order valence-corrected chi connectivity index (χ2v) is 9.42. The molecule has 0 amide bonds. The Bertz CT molecular complexity index is 1430. The summed E-state index contributed by atoms with van der Waals surface area (Å²) in [5.41, 5.74) is 7.91. The van der Waals surface area contributed by atoms with Crippen LogP contribution in [0.1, 0.15) is 50.2 Å². The number of allylic oxidation sites excluding steroid dienone is 1. The number of unbranched alkanes of at least 4 members (excludes halogenated alkanes) is 2. The number of carbonyl (C=O) groups excluding carboxylic acids is 1. The highest BCUT2D eigenvalue weighted by Gasteiger charge is 2.32. The van der Waals surface area contributed by atoms with E-state index in [0.29, 0.717) is 46.8 Å². The van der Waals surface area contributed by atoms with Crippen molar-refractivity contribution in [2.45, 2.75) is 39.0 Å². The van der Waals surface area contributed by atoms with E-state index in [9.17, 15) is 10.1 Å². The number of nitrogens with zero attached hydrogens (tertiary/aromatic N) is 1. The predicted molar refractivity (Wildman–Crippen MR) is 151 cm³/mol. The van der Waals surface area contributed by atoms with Crippen LogP contribution in [0.25, 0.3) is 0 Å². The van der Waals surface area contributed by atoms with E-state index in [1.807, 2.05) is 25.1 Å². The highest BCUT2D eigenvalue weighted by molar-refractivity contribution is 6.32. The molecular weight excluding hydrogens is 532 g/mol. The third-order valence-electron chi connectivity index (χ3n) is 6.21. The molecule has 0 saturated carbocycles. The molecule has 8 nitrogen and oxygen atoms in total. The van der Waals surface area contributed by atoms with Gasteiger partial charge in [0.25, 0.3) is 0 Å². The Kier molecular flexibility index (Phi) is 9.76. The van der Waals surface area contributed by atoms with Crippen LogP contribution >= 0.6 is 11.6 Å². The lowest BCUT2D eigenvalue weighted by atomic mass is 9.83. The Labute approximate surface area is 238 Å². The van der Waals surface area contributed by atoms with Gasteiger partial charge in [0.05, 0.1) is 24.2 Å². The zero-order valence-electron chi connectivity index (χ0n) is 22.4. The van der Waals surface area contributed by atoms with Crippen molar-refractivity contribution in [2.75, 3.05) is 19.8 Å². The van der Waals surface area contributed by atoms with E-state index < -0.39 is 11.9 Å². The minimum Gasteiger partial charge on any atom is -0.490 e. The summed E-state index contributed by atoms with van der Waals surface area (Å²) < 4.78 is 28.5. The number of hydrogen-bond acceptors (Lipinski definition) is 8. The van der Waals surface area contributed by atoms with Crippen molar-refractivity contribution in [1.29, 1.82) is 5.26 Å². The van der Waals surface area contributed by atoms with Gasteiger partial charge in [-0.1, -0.05) is 55.6 Å². The molecule has 40 heavy (non-hydrogen) atoms. The average Bonchev–Trinajstić information content (AvgIpc) is 2.95. The Hall–Kier alpha value is -4.35. The maximum atomic E-state index is 12.4. The molecule has 9 heteroatoms. The number of para-hydroxylation sites is 1. The number of halogens is 1. The predicted octanol–water partition coefficient (Wildman–Crippen LogP) is 6.51. The Morgan fingerprint density at radius 2 is 1.82 bits per heavy atom. The van der Waals surface area contributed by atoms with Gasteiger partial charge in [-0.05, 0) is 49.2 Å². The van der Waals surface area contributed by atoms with E-state index in [0.717, 1.165) is 24.8 Å². The highest BCUT2D eigenvalue weighted by atomic mass is 35.5. The minimum absolute atomic E-state index is 0.0246. The molecule has 0 bridgehead atoms. The van der Waals surface area contributed by atoms with E-state index >= 15 is 0 Å². The van der Waals surface area contributed by atoms with Gasteiger partial charge in [0.1, 0.15) is 28.9 Å². The van der Waals surface area contributed by atoms with Crippen molar-refractivity contribution in [3.63, 3.8) is 0 Å². The molecule has 0 aliphatic carbocycles. The third-order valence-corrected chi connectivity index (χ3v) is 6.52. The van der Waals surface area contributed by atoms with Crippen LogP contribution in [-0.2, 0) is 4.79 Å². The second-order valence-electron chi connectivity index (χ2n) is 9.01. The van der Waals surface area contributed by atoms with E-state index in [-0.39, 0.29) is 23.8 Å². The Balaban J connectivity index is 1.56. The number of ether oxygens (including phenoxy) is 5.